The summed E-state index contributed by atoms with van der Waals surface area (Å²) in [5.74, 6) is 0. The fourth-order valence-corrected chi connectivity index (χ4v) is 1.92. The molecule has 72 valence electrons. The van der Waals surface area contributed by atoms with Crippen molar-refractivity contribution in [1.29, 1.82) is 0 Å². The van der Waals surface area contributed by atoms with Gasteiger partial charge >= 0.3 is 0 Å². The van der Waals surface area contributed by atoms with Gasteiger partial charge in [0.25, 0.3) is 0 Å². The second-order valence-electron chi connectivity index (χ2n) is 3.11. The van der Waals surface area contributed by atoms with Crippen LogP contribution in [0.3, 0.4) is 0 Å². The molecule has 0 aliphatic heterocycles. The van der Waals surface area contributed by atoms with Crippen molar-refractivity contribution >= 4 is 11.8 Å². The molecule has 3 N–H and O–H groups in total. The number of benzene rings is 1. The first-order chi connectivity index (χ1) is 6.13. The van der Waals surface area contributed by atoms with E-state index in [9.17, 15) is 0 Å². The van der Waals surface area contributed by atoms with Crippen LogP contribution in [0.15, 0.2) is 23.1 Å². The molecule has 0 aliphatic carbocycles. The van der Waals surface area contributed by atoms with Gasteiger partial charge in [-0.05, 0) is 25.5 Å². The fourth-order valence-electron chi connectivity index (χ4n) is 1.13. The lowest BCUT2D eigenvalue weighted by molar-refractivity contribution is 0.296. The molecule has 0 aliphatic rings. The molecular weight excluding hydrogens is 182 g/mol. The van der Waals surface area contributed by atoms with Gasteiger partial charge in [-0.2, -0.15) is 0 Å². The number of thioether (sulfide) groups is 1. The van der Waals surface area contributed by atoms with Crippen molar-refractivity contribution < 1.29 is 5.11 Å². The van der Waals surface area contributed by atoms with Crippen molar-refractivity contribution in [3.8, 4) is 0 Å². The first-order valence-corrected chi connectivity index (χ1v) is 5.12. The van der Waals surface area contributed by atoms with Gasteiger partial charge < -0.3 is 10.8 Å². The summed E-state index contributed by atoms with van der Waals surface area (Å²) in [6.07, 6.45) is 0. The second-order valence-corrected chi connectivity index (χ2v) is 4.39. The molecule has 0 amide bonds. The summed E-state index contributed by atoms with van der Waals surface area (Å²) in [4.78, 5) is 1.15. The molecule has 0 fully saturated rings. The highest BCUT2D eigenvalue weighted by molar-refractivity contribution is 8.00. The first kappa shape index (κ1) is 10.6. The number of hydrogen-bond acceptors (Lipinski definition) is 3. The number of nitrogens with two attached hydrogens (primary N) is 1. The van der Waals surface area contributed by atoms with E-state index in [1.807, 2.05) is 6.07 Å². The van der Waals surface area contributed by atoms with Crippen molar-refractivity contribution in [2.24, 2.45) is 5.73 Å². The van der Waals surface area contributed by atoms with Crippen molar-refractivity contribution in [2.45, 2.75) is 24.1 Å². The number of hydrogen-bond donors (Lipinski definition) is 2. The van der Waals surface area contributed by atoms with Crippen molar-refractivity contribution in [2.75, 3.05) is 6.61 Å². The Hall–Kier alpha value is -0.510. The van der Waals surface area contributed by atoms with Crippen LogP contribution in [0.2, 0.25) is 0 Å². The minimum Gasteiger partial charge on any atom is -0.394 e. The summed E-state index contributed by atoms with van der Waals surface area (Å²) < 4.78 is 0. The number of aliphatic hydroxyl groups excluding tert-OH is 1. The number of aliphatic hydroxyl groups is 1. The molecule has 0 bridgehead atoms. The molecule has 13 heavy (non-hydrogen) atoms. The van der Waals surface area contributed by atoms with Crippen LogP contribution in [-0.4, -0.2) is 17.1 Å². The van der Waals surface area contributed by atoms with Gasteiger partial charge in [0.15, 0.2) is 0 Å². The maximum absolute atomic E-state index is 8.80. The Balaban J connectivity index is 2.77. The smallest absolute Gasteiger partial charge is 0.0789 e. The van der Waals surface area contributed by atoms with Gasteiger partial charge in [-0.15, -0.1) is 11.8 Å². The molecule has 2 nitrogen and oxygen atoms in total. The summed E-state index contributed by atoms with van der Waals surface area (Å²) in [6, 6.07) is 6.22. The number of rotatable bonds is 3. The van der Waals surface area contributed by atoms with Crippen LogP contribution in [0.1, 0.15) is 11.1 Å². The van der Waals surface area contributed by atoms with E-state index in [0.717, 1.165) is 4.90 Å². The predicted octanol–water partition coefficient (Wildman–Crippen LogP) is 1.67. The Bertz CT molecular complexity index is 288. The van der Waals surface area contributed by atoms with E-state index in [1.54, 1.807) is 0 Å². The zero-order valence-electron chi connectivity index (χ0n) is 7.95. The summed E-state index contributed by atoms with van der Waals surface area (Å²) in [5.41, 5.74) is 8.09. The third kappa shape index (κ3) is 3.03. The highest BCUT2D eigenvalue weighted by atomic mass is 32.2. The van der Waals surface area contributed by atoms with E-state index >= 15 is 0 Å². The molecule has 1 atom stereocenters. The van der Waals surface area contributed by atoms with E-state index in [0.29, 0.717) is 0 Å². The minimum absolute atomic E-state index is 0.0119. The summed E-state index contributed by atoms with van der Waals surface area (Å²) in [5, 5.41) is 8.57. The monoisotopic (exact) mass is 197 g/mol. The Labute approximate surface area is 83.1 Å². The molecule has 3 heteroatoms. The molecule has 0 saturated carbocycles. The average Bonchev–Trinajstić information content (AvgIpc) is 2.09. The van der Waals surface area contributed by atoms with Gasteiger partial charge in [0.1, 0.15) is 0 Å². The molecule has 0 spiro atoms. The average molecular weight is 197 g/mol. The zero-order chi connectivity index (χ0) is 9.84. The van der Waals surface area contributed by atoms with E-state index in [-0.39, 0.29) is 12.0 Å². The normalized spacial score (nSPS) is 12.9. The molecule has 1 aromatic carbocycles. The molecule has 1 rings (SSSR count). The van der Waals surface area contributed by atoms with Gasteiger partial charge in [0.2, 0.25) is 0 Å². The summed E-state index contributed by atoms with van der Waals surface area (Å²) in [6.45, 7) is 4.13. The third-order valence-electron chi connectivity index (χ3n) is 1.79. The largest absolute Gasteiger partial charge is 0.394 e. The molecule has 1 unspecified atom stereocenters. The summed E-state index contributed by atoms with van der Waals surface area (Å²) in [7, 11) is 0. The Morgan fingerprint density at radius 1 is 1.46 bits per heavy atom. The Kier molecular flexibility index (Phi) is 3.78. The maximum Gasteiger partial charge on any atom is 0.0789 e. The van der Waals surface area contributed by atoms with Gasteiger partial charge in [-0.1, -0.05) is 17.7 Å². The molecular formula is C10H15NOS. The van der Waals surface area contributed by atoms with Crippen molar-refractivity contribution in [1.82, 2.24) is 0 Å². The SMILES string of the molecule is Cc1ccc(SC(N)CO)c(C)c1. The molecule has 1 aromatic rings. The van der Waals surface area contributed by atoms with Gasteiger partial charge in [-0.25, -0.2) is 0 Å². The molecule has 0 heterocycles. The van der Waals surface area contributed by atoms with E-state index in [2.05, 4.69) is 26.0 Å². The highest BCUT2D eigenvalue weighted by Crippen LogP contribution is 2.24. The van der Waals surface area contributed by atoms with Gasteiger partial charge in [0, 0.05) is 4.90 Å². The minimum atomic E-state index is -0.221. The second kappa shape index (κ2) is 4.65. The van der Waals surface area contributed by atoms with Crippen LogP contribution >= 0.6 is 11.8 Å². The lowest BCUT2D eigenvalue weighted by Gasteiger charge is -2.10. The first-order valence-electron chi connectivity index (χ1n) is 4.24. The van der Waals surface area contributed by atoms with Crippen molar-refractivity contribution in [3.63, 3.8) is 0 Å². The fraction of sp³-hybridized carbons (Fsp3) is 0.400. The third-order valence-corrected chi connectivity index (χ3v) is 2.95. The predicted molar refractivity (Wildman–Crippen MR) is 56.8 cm³/mol. The van der Waals surface area contributed by atoms with Crippen LogP contribution < -0.4 is 5.73 Å². The van der Waals surface area contributed by atoms with E-state index < -0.39 is 0 Å². The lowest BCUT2D eigenvalue weighted by atomic mass is 10.2. The lowest BCUT2D eigenvalue weighted by Crippen LogP contribution is -2.19. The Morgan fingerprint density at radius 2 is 2.15 bits per heavy atom. The molecule has 0 radical (unpaired) electrons. The van der Waals surface area contributed by atoms with Gasteiger partial charge in [0.05, 0.1) is 12.0 Å². The van der Waals surface area contributed by atoms with Crippen LogP contribution in [-0.2, 0) is 0 Å². The topological polar surface area (TPSA) is 46.2 Å². The number of aryl methyl sites for hydroxylation is 2. The van der Waals surface area contributed by atoms with Gasteiger partial charge in [-0.3, -0.25) is 0 Å². The van der Waals surface area contributed by atoms with Crippen LogP contribution in [0, 0.1) is 13.8 Å². The zero-order valence-corrected chi connectivity index (χ0v) is 8.77. The van der Waals surface area contributed by atoms with E-state index in [1.165, 1.54) is 22.9 Å². The summed E-state index contributed by atoms with van der Waals surface area (Å²) >= 11 is 1.51. The quantitative estimate of drug-likeness (QED) is 0.572. The van der Waals surface area contributed by atoms with Crippen LogP contribution in [0.4, 0.5) is 0 Å². The van der Waals surface area contributed by atoms with Crippen molar-refractivity contribution in [3.05, 3.63) is 29.3 Å². The molecule has 0 aromatic heterocycles. The standard InChI is InChI=1S/C10H15NOS/c1-7-3-4-9(8(2)5-7)13-10(11)6-12/h3-5,10,12H,6,11H2,1-2H3. The van der Waals surface area contributed by atoms with Crippen LogP contribution in [0.5, 0.6) is 0 Å². The highest BCUT2D eigenvalue weighted by Gasteiger charge is 2.05. The van der Waals surface area contributed by atoms with Crippen LogP contribution in [0.25, 0.3) is 0 Å². The van der Waals surface area contributed by atoms with E-state index in [4.69, 9.17) is 10.8 Å². The maximum atomic E-state index is 8.80. The molecule has 0 saturated heterocycles. The Morgan fingerprint density at radius 3 is 2.69 bits per heavy atom.